The van der Waals surface area contributed by atoms with Gasteiger partial charge in [-0.05, 0) is 56.7 Å². The zero-order valence-electron chi connectivity index (χ0n) is 12.2. The first-order valence-corrected chi connectivity index (χ1v) is 7.28. The quantitative estimate of drug-likeness (QED) is 0.832. The number of aliphatic hydroxyl groups excluding tert-OH is 1. The van der Waals surface area contributed by atoms with E-state index in [1.165, 1.54) is 11.1 Å². The van der Waals surface area contributed by atoms with Crippen LogP contribution in [0.1, 0.15) is 42.4 Å². The minimum Gasteiger partial charge on any atom is -0.393 e. The number of amides is 1. The van der Waals surface area contributed by atoms with Gasteiger partial charge in [-0.25, -0.2) is 0 Å². The van der Waals surface area contributed by atoms with Crippen LogP contribution in [0.25, 0.3) is 6.08 Å². The SMILES string of the molecule is Cc1ccc(/C=C/C(=O)NC2CCC(O)CC2)c(C)c1. The average molecular weight is 273 g/mol. The van der Waals surface area contributed by atoms with Crippen molar-refractivity contribution in [2.24, 2.45) is 0 Å². The summed E-state index contributed by atoms with van der Waals surface area (Å²) in [6.45, 7) is 4.11. The zero-order chi connectivity index (χ0) is 14.5. The summed E-state index contributed by atoms with van der Waals surface area (Å²) in [6, 6.07) is 6.40. The van der Waals surface area contributed by atoms with E-state index in [1.807, 2.05) is 25.1 Å². The molecule has 1 aromatic rings. The molecule has 3 nitrogen and oxygen atoms in total. The molecular weight excluding hydrogens is 250 g/mol. The highest BCUT2D eigenvalue weighted by Crippen LogP contribution is 2.18. The number of hydrogen-bond acceptors (Lipinski definition) is 2. The van der Waals surface area contributed by atoms with Crippen molar-refractivity contribution in [3.63, 3.8) is 0 Å². The minimum absolute atomic E-state index is 0.0497. The lowest BCUT2D eigenvalue weighted by Gasteiger charge is -2.25. The number of carbonyl (C=O) groups is 1. The second-order valence-electron chi connectivity index (χ2n) is 5.71. The fourth-order valence-electron chi connectivity index (χ4n) is 2.65. The molecule has 1 aliphatic carbocycles. The molecule has 1 aromatic carbocycles. The fraction of sp³-hybridized carbons (Fsp3) is 0.471. The van der Waals surface area contributed by atoms with E-state index in [2.05, 4.69) is 18.3 Å². The third-order valence-corrected chi connectivity index (χ3v) is 3.88. The molecule has 0 aliphatic heterocycles. The van der Waals surface area contributed by atoms with E-state index in [9.17, 15) is 9.90 Å². The van der Waals surface area contributed by atoms with Crippen LogP contribution in [0.5, 0.6) is 0 Å². The predicted molar refractivity (Wildman–Crippen MR) is 81.4 cm³/mol. The molecule has 2 rings (SSSR count). The Kier molecular flexibility index (Phi) is 4.96. The van der Waals surface area contributed by atoms with Crippen molar-refractivity contribution in [2.75, 3.05) is 0 Å². The Hall–Kier alpha value is -1.61. The summed E-state index contributed by atoms with van der Waals surface area (Å²) in [7, 11) is 0. The standard InChI is InChI=1S/C17H23NO2/c1-12-3-4-14(13(2)11-12)5-10-17(20)18-15-6-8-16(19)9-7-15/h3-5,10-11,15-16,19H,6-9H2,1-2H3,(H,18,20)/b10-5+. The van der Waals surface area contributed by atoms with Gasteiger partial charge in [0.2, 0.25) is 5.91 Å². The summed E-state index contributed by atoms with van der Waals surface area (Å²) >= 11 is 0. The van der Waals surface area contributed by atoms with E-state index in [1.54, 1.807) is 6.08 Å². The molecule has 20 heavy (non-hydrogen) atoms. The molecular formula is C17H23NO2. The maximum absolute atomic E-state index is 11.9. The first-order chi connectivity index (χ1) is 9.54. The van der Waals surface area contributed by atoms with Gasteiger partial charge in [0.05, 0.1) is 6.10 Å². The number of benzene rings is 1. The van der Waals surface area contributed by atoms with Gasteiger partial charge in [-0.1, -0.05) is 23.8 Å². The van der Waals surface area contributed by atoms with Crippen molar-refractivity contribution in [1.29, 1.82) is 0 Å². The lowest BCUT2D eigenvalue weighted by atomic mass is 9.93. The van der Waals surface area contributed by atoms with Crippen molar-refractivity contribution in [2.45, 2.75) is 51.7 Å². The second kappa shape index (κ2) is 6.71. The van der Waals surface area contributed by atoms with Crippen LogP contribution in [0.3, 0.4) is 0 Å². The van der Waals surface area contributed by atoms with Gasteiger partial charge in [-0.2, -0.15) is 0 Å². The lowest BCUT2D eigenvalue weighted by molar-refractivity contribution is -0.117. The Morgan fingerprint density at radius 1 is 1.25 bits per heavy atom. The molecule has 0 heterocycles. The van der Waals surface area contributed by atoms with E-state index in [0.717, 1.165) is 31.2 Å². The molecule has 0 bridgehead atoms. The topological polar surface area (TPSA) is 49.3 Å². The van der Waals surface area contributed by atoms with Crippen LogP contribution < -0.4 is 5.32 Å². The fourth-order valence-corrected chi connectivity index (χ4v) is 2.65. The van der Waals surface area contributed by atoms with Crippen LogP contribution in [-0.2, 0) is 4.79 Å². The Bertz CT molecular complexity index is 500. The van der Waals surface area contributed by atoms with Crippen molar-refractivity contribution in [3.05, 3.63) is 41.0 Å². The van der Waals surface area contributed by atoms with Crippen LogP contribution in [0.4, 0.5) is 0 Å². The molecule has 1 aliphatic rings. The maximum atomic E-state index is 11.9. The number of aliphatic hydroxyl groups is 1. The summed E-state index contributed by atoms with van der Waals surface area (Å²) in [5, 5.41) is 12.4. The molecule has 3 heteroatoms. The van der Waals surface area contributed by atoms with E-state index in [0.29, 0.717) is 0 Å². The highest BCUT2D eigenvalue weighted by atomic mass is 16.3. The van der Waals surface area contributed by atoms with E-state index in [-0.39, 0.29) is 18.1 Å². The van der Waals surface area contributed by atoms with E-state index >= 15 is 0 Å². The number of hydrogen-bond donors (Lipinski definition) is 2. The average Bonchev–Trinajstić information content (AvgIpc) is 2.40. The Balaban J connectivity index is 1.89. The van der Waals surface area contributed by atoms with Crippen molar-refractivity contribution in [1.82, 2.24) is 5.32 Å². The van der Waals surface area contributed by atoms with Gasteiger partial charge in [0, 0.05) is 12.1 Å². The monoisotopic (exact) mass is 273 g/mol. The molecule has 1 amide bonds. The number of rotatable bonds is 3. The molecule has 108 valence electrons. The van der Waals surface area contributed by atoms with Crippen molar-refractivity contribution >= 4 is 12.0 Å². The first kappa shape index (κ1) is 14.8. The van der Waals surface area contributed by atoms with Gasteiger partial charge >= 0.3 is 0 Å². The van der Waals surface area contributed by atoms with Gasteiger partial charge in [0.25, 0.3) is 0 Å². The maximum Gasteiger partial charge on any atom is 0.244 e. The number of aryl methyl sites for hydroxylation is 2. The Morgan fingerprint density at radius 3 is 2.60 bits per heavy atom. The summed E-state index contributed by atoms with van der Waals surface area (Å²) in [5.41, 5.74) is 3.48. The van der Waals surface area contributed by atoms with Crippen LogP contribution in [0.15, 0.2) is 24.3 Å². The Labute approximate surface area is 120 Å². The molecule has 0 radical (unpaired) electrons. The number of nitrogens with one attached hydrogen (secondary N) is 1. The lowest BCUT2D eigenvalue weighted by Crippen LogP contribution is -2.37. The molecule has 0 saturated heterocycles. The molecule has 0 aromatic heterocycles. The zero-order valence-corrected chi connectivity index (χ0v) is 12.2. The third kappa shape index (κ3) is 4.20. The van der Waals surface area contributed by atoms with Crippen LogP contribution >= 0.6 is 0 Å². The Morgan fingerprint density at radius 2 is 1.95 bits per heavy atom. The van der Waals surface area contributed by atoms with Gasteiger partial charge in [0.1, 0.15) is 0 Å². The van der Waals surface area contributed by atoms with Gasteiger partial charge in [-0.15, -0.1) is 0 Å². The summed E-state index contributed by atoms with van der Waals surface area (Å²) in [4.78, 5) is 11.9. The van der Waals surface area contributed by atoms with E-state index in [4.69, 9.17) is 0 Å². The number of carbonyl (C=O) groups excluding carboxylic acids is 1. The first-order valence-electron chi connectivity index (χ1n) is 7.28. The normalized spacial score (nSPS) is 22.9. The smallest absolute Gasteiger partial charge is 0.244 e. The van der Waals surface area contributed by atoms with Crippen LogP contribution in [-0.4, -0.2) is 23.2 Å². The minimum atomic E-state index is -0.186. The van der Waals surface area contributed by atoms with Crippen LogP contribution in [0.2, 0.25) is 0 Å². The third-order valence-electron chi connectivity index (χ3n) is 3.88. The van der Waals surface area contributed by atoms with Crippen molar-refractivity contribution < 1.29 is 9.90 Å². The molecule has 1 fully saturated rings. The highest BCUT2D eigenvalue weighted by Gasteiger charge is 2.19. The second-order valence-corrected chi connectivity index (χ2v) is 5.71. The summed E-state index contributed by atoms with van der Waals surface area (Å²) in [6.07, 6.45) is 6.57. The summed E-state index contributed by atoms with van der Waals surface area (Å²) < 4.78 is 0. The van der Waals surface area contributed by atoms with Crippen molar-refractivity contribution in [3.8, 4) is 0 Å². The molecule has 2 N–H and O–H groups in total. The van der Waals surface area contributed by atoms with E-state index < -0.39 is 0 Å². The van der Waals surface area contributed by atoms with Gasteiger partial charge in [0.15, 0.2) is 0 Å². The molecule has 0 atom stereocenters. The molecule has 0 unspecified atom stereocenters. The highest BCUT2D eigenvalue weighted by molar-refractivity contribution is 5.92. The largest absolute Gasteiger partial charge is 0.393 e. The van der Waals surface area contributed by atoms with Gasteiger partial charge in [-0.3, -0.25) is 4.79 Å². The molecule has 1 saturated carbocycles. The molecule has 0 spiro atoms. The summed E-state index contributed by atoms with van der Waals surface area (Å²) in [5.74, 6) is -0.0497. The van der Waals surface area contributed by atoms with Crippen LogP contribution in [0, 0.1) is 13.8 Å². The van der Waals surface area contributed by atoms with Gasteiger partial charge < -0.3 is 10.4 Å². The predicted octanol–water partition coefficient (Wildman–Crippen LogP) is 2.74.